The molecule has 220 valence electrons. The smallest absolute Gasteiger partial charge is 0.306 e. The number of rotatable bonds is 5. The monoisotopic (exact) mass is 540 g/mol. The molecule has 10 atom stereocenters. The topological polar surface area (TPSA) is 63.6 Å². The van der Waals surface area contributed by atoms with Crippen molar-refractivity contribution in [2.24, 2.45) is 56.7 Å². The second kappa shape index (κ2) is 9.62. The fraction of sp³-hybridized carbons (Fsp3) is 0.886. The van der Waals surface area contributed by atoms with E-state index in [0.29, 0.717) is 34.0 Å². The van der Waals surface area contributed by atoms with E-state index in [0.717, 1.165) is 24.7 Å². The first-order valence-electron chi connectivity index (χ1n) is 16.2. The molecule has 0 heterocycles. The van der Waals surface area contributed by atoms with Gasteiger partial charge < -0.3 is 9.84 Å². The lowest BCUT2D eigenvalue weighted by Gasteiger charge is -2.74. The van der Waals surface area contributed by atoms with Crippen molar-refractivity contribution in [2.75, 3.05) is 0 Å². The van der Waals surface area contributed by atoms with Gasteiger partial charge in [0, 0.05) is 5.41 Å². The highest BCUT2D eigenvalue weighted by molar-refractivity contribution is 5.76. The lowest BCUT2D eigenvalue weighted by Crippen LogP contribution is -2.67. The molecule has 0 aromatic carbocycles. The van der Waals surface area contributed by atoms with E-state index in [4.69, 9.17) is 9.84 Å². The fourth-order valence-corrected chi connectivity index (χ4v) is 12.3. The van der Waals surface area contributed by atoms with Gasteiger partial charge in [0.05, 0.1) is 12.8 Å². The first kappa shape index (κ1) is 29.2. The highest BCUT2D eigenvalue weighted by Crippen LogP contribution is 2.77. The van der Waals surface area contributed by atoms with Crippen LogP contribution in [-0.2, 0) is 14.3 Å². The van der Waals surface area contributed by atoms with Crippen LogP contribution >= 0.6 is 0 Å². The van der Waals surface area contributed by atoms with Crippen LogP contribution in [0.5, 0.6) is 0 Å². The minimum Gasteiger partial charge on any atom is -0.481 e. The van der Waals surface area contributed by atoms with Crippen molar-refractivity contribution in [1.29, 1.82) is 0 Å². The number of carbonyl (C=O) groups excluding carboxylic acids is 1. The van der Waals surface area contributed by atoms with Gasteiger partial charge in [0.25, 0.3) is 0 Å². The number of carboxylic acid groups (broad SMARTS) is 1. The number of hydrogen-bond donors (Lipinski definition) is 1. The number of fused-ring (bicyclic) bond motifs is 7. The molecule has 0 saturated heterocycles. The van der Waals surface area contributed by atoms with Gasteiger partial charge in [0.2, 0.25) is 0 Å². The summed E-state index contributed by atoms with van der Waals surface area (Å²) in [6.45, 7) is 22.1. The Morgan fingerprint density at radius 2 is 1.54 bits per heavy atom. The molecule has 0 amide bonds. The van der Waals surface area contributed by atoms with Crippen molar-refractivity contribution >= 4 is 11.9 Å². The third-order valence-electron chi connectivity index (χ3n) is 14.5. The predicted octanol–water partition coefficient (Wildman–Crippen LogP) is 8.83. The zero-order valence-electron chi connectivity index (χ0n) is 26.0. The molecule has 5 saturated carbocycles. The van der Waals surface area contributed by atoms with Crippen LogP contribution in [0.2, 0.25) is 0 Å². The van der Waals surface area contributed by atoms with Gasteiger partial charge in [0.15, 0.2) is 0 Å². The molecule has 0 radical (unpaired) electrons. The Morgan fingerprint density at radius 1 is 0.821 bits per heavy atom. The minimum absolute atomic E-state index is 0.0322. The van der Waals surface area contributed by atoms with Crippen molar-refractivity contribution in [3.63, 3.8) is 0 Å². The summed E-state index contributed by atoms with van der Waals surface area (Å²) < 4.78 is 6.01. The van der Waals surface area contributed by atoms with Crippen LogP contribution in [-0.4, -0.2) is 23.1 Å². The Balaban J connectivity index is 1.42. The summed E-state index contributed by atoms with van der Waals surface area (Å²) in [6.07, 6.45) is 13.7. The number of ether oxygens (including phenoxy) is 1. The van der Waals surface area contributed by atoms with E-state index in [1.165, 1.54) is 63.4 Å². The van der Waals surface area contributed by atoms with E-state index in [9.17, 15) is 9.59 Å². The van der Waals surface area contributed by atoms with Crippen molar-refractivity contribution in [3.8, 4) is 0 Å². The molecule has 0 bridgehead atoms. The summed E-state index contributed by atoms with van der Waals surface area (Å²) in [5.41, 5.74) is 2.74. The number of carbonyl (C=O) groups is 2. The summed E-state index contributed by atoms with van der Waals surface area (Å²) in [5.74, 6) is 2.18. The molecule has 5 rings (SSSR count). The molecule has 0 aromatic rings. The van der Waals surface area contributed by atoms with Gasteiger partial charge in [-0.15, -0.1) is 0 Å². The van der Waals surface area contributed by atoms with Crippen LogP contribution in [0.4, 0.5) is 0 Å². The van der Waals surface area contributed by atoms with Gasteiger partial charge in [-0.1, -0.05) is 60.1 Å². The van der Waals surface area contributed by atoms with Crippen molar-refractivity contribution < 1.29 is 19.4 Å². The molecule has 4 heteroatoms. The number of hydrogen-bond acceptors (Lipinski definition) is 3. The van der Waals surface area contributed by atoms with Crippen LogP contribution in [0.15, 0.2) is 12.2 Å². The van der Waals surface area contributed by atoms with Gasteiger partial charge in [-0.25, -0.2) is 0 Å². The van der Waals surface area contributed by atoms with E-state index >= 15 is 0 Å². The Kier molecular flexibility index (Phi) is 7.20. The Morgan fingerprint density at radius 3 is 2.21 bits per heavy atom. The molecular weight excluding hydrogens is 484 g/mol. The maximum atomic E-state index is 12.5. The second-order valence-electron chi connectivity index (χ2n) is 16.4. The lowest BCUT2D eigenvalue weighted by molar-refractivity contribution is -0.255. The largest absolute Gasteiger partial charge is 0.481 e. The second-order valence-corrected chi connectivity index (χ2v) is 16.4. The van der Waals surface area contributed by atoms with Crippen LogP contribution < -0.4 is 0 Å². The molecule has 4 nitrogen and oxygen atoms in total. The molecule has 10 unspecified atom stereocenters. The molecule has 5 aliphatic rings. The van der Waals surface area contributed by atoms with Gasteiger partial charge >= 0.3 is 11.9 Å². The summed E-state index contributed by atoms with van der Waals surface area (Å²) in [4.78, 5) is 23.5. The van der Waals surface area contributed by atoms with Crippen molar-refractivity contribution in [3.05, 3.63) is 12.2 Å². The lowest BCUT2D eigenvalue weighted by atomic mass is 9.31. The van der Waals surface area contributed by atoms with E-state index in [2.05, 4.69) is 55.0 Å². The quantitative estimate of drug-likeness (QED) is 0.279. The summed E-state index contributed by atoms with van der Waals surface area (Å²) in [6, 6.07) is 0. The maximum absolute atomic E-state index is 12.5. The summed E-state index contributed by atoms with van der Waals surface area (Å²) in [7, 11) is 0. The molecule has 5 fully saturated rings. The van der Waals surface area contributed by atoms with Crippen molar-refractivity contribution in [1.82, 2.24) is 0 Å². The maximum Gasteiger partial charge on any atom is 0.306 e. The molecule has 1 N–H and O–H groups in total. The third kappa shape index (κ3) is 4.27. The zero-order chi connectivity index (χ0) is 28.6. The van der Waals surface area contributed by atoms with E-state index in [1.807, 2.05) is 0 Å². The van der Waals surface area contributed by atoms with Gasteiger partial charge in [0.1, 0.15) is 6.10 Å². The van der Waals surface area contributed by atoms with E-state index in [1.54, 1.807) is 0 Å². The number of carboxylic acids is 1. The van der Waals surface area contributed by atoms with Crippen molar-refractivity contribution in [2.45, 2.75) is 138 Å². The first-order chi connectivity index (χ1) is 18.1. The molecule has 0 aromatic heterocycles. The van der Waals surface area contributed by atoms with Crippen LogP contribution in [0.25, 0.3) is 0 Å². The van der Waals surface area contributed by atoms with Gasteiger partial charge in [-0.3, -0.25) is 9.59 Å². The number of allylic oxidation sites excluding steroid dienone is 1. The highest BCUT2D eigenvalue weighted by atomic mass is 16.5. The average Bonchev–Trinajstić information content (AvgIpc) is 2.84. The number of esters is 1. The Labute approximate surface area is 238 Å². The molecular formula is C35H56O4. The standard InChI is InChI=1S/C35H56O4/c1-22(2)23-10-9-17-32(5)20-21-34(7)24(30(23)32)11-12-26-33(6)18-16-27(39-29(38)14-13-28(36)37)31(3,4)25(33)15-19-35(26,34)8/h23-27,30H,1,9-21H2,2-8H3,(H,36,37). The SMILES string of the molecule is C=C(C)C1CCCC2(C)CCC3(C)C(CCC4C5(C)CCC(OC(=O)CCC(=O)O)C(C)(C)C5CCC43C)C12. The summed E-state index contributed by atoms with van der Waals surface area (Å²) in [5, 5.41) is 9.00. The number of aliphatic carboxylic acids is 1. The van der Waals surface area contributed by atoms with E-state index < -0.39 is 5.97 Å². The molecule has 0 aliphatic heterocycles. The molecule has 5 aliphatic carbocycles. The van der Waals surface area contributed by atoms with E-state index in [-0.39, 0.29) is 35.7 Å². The molecule has 0 spiro atoms. The Bertz CT molecular complexity index is 1010. The van der Waals surface area contributed by atoms with Crippen LogP contribution in [0, 0.1) is 56.7 Å². The minimum atomic E-state index is -0.941. The van der Waals surface area contributed by atoms with Crippen LogP contribution in [0.1, 0.15) is 132 Å². The third-order valence-corrected chi connectivity index (χ3v) is 14.5. The normalized spacial score (nSPS) is 48.5. The first-order valence-corrected chi connectivity index (χ1v) is 16.2. The van der Waals surface area contributed by atoms with Crippen LogP contribution in [0.3, 0.4) is 0 Å². The average molecular weight is 541 g/mol. The fourth-order valence-electron chi connectivity index (χ4n) is 12.3. The Hall–Kier alpha value is -1.32. The zero-order valence-corrected chi connectivity index (χ0v) is 26.0. The summed E-state index contributed by atoms with van der Waals surface area (Å²) >= 11 is 0. The van der Waals surface area contributed by atoms with Gasteiger partial charge in [-0.05, 0) is 122 Å². The predicted molar refractivity (Wildman–Crippen MR) is 156 cm³/mol. The van der Waals surface area contributed by atoms with Gasteiger partial charge in [-0.2, -0.15) is 0 Å². The highest BCUT2D eigenvalue weighted by Gasteiger charge is 2.70. The molecule has 39 heavy (non-hydrogen) atoms.